The molecule has 2 atom stereocenters. The van der Waals surface area contributed by atoms with Gasteiger partial charge in [0.05, 0.1) is 36.2 Å². The van der Waals surface area contributed by atoms with E-state index in [1.807, 2.05) is 12.1 Å². The second-order valence-corrected chi connectivity index (χ2v) is 13.0. The van der Waals surface area contributed by atoms with E-state index in [1.165, 1.54) is 19.2 Å². The lowest BCUT2D eigenvalue weighted by Crippen LogP contribution is -2.25. The van der Waals surface area contributed by atoms with Gasteiger partial charge in [-0.05, 0) is 68.8 Å². The van der Waals surface area contributed by atoms with Crippen LogP contribution in [0.2, 0.25) is 5.02 Å². The van der Waals surface area contributed by atoms with E-state index >= 15 is 8.78 Å². The van der Waals surface area contributed by atoms with E-state index in [2.05, 4.69) is 15.6 Å². The van der Waals surface area contributed by atoms with Gasteiger partial charge in [0.15, 0.2) is 0 Å². The second-order valence-electron chi connectivity index (χ2n) is 12.7. The molecule has 2 aromatic carbocycles. The van der Waals surface area contributed by atoms with Gasteiger partial charge in [-0.15, -0.1) is 0 Å². The first-order valence-electron chi connectivity index (χ1n) is 16.6. The lowest BCUT2D eigenvalue weighted by molar-refractivity contribution is -0.119. The monoisotopic (exact) mass is 688 g/mol. The predicted molar refractivity (Wildman–Crippen MR) is 185 cm³/mol. The van der Waals surface area contributed by atoms with Crippen LogP contribution in [0.15, 0.2) is 54.6 Å². The fourth-order valence-corrected chi connectivity index (χ4v) is 7.07. The highest BCUT2D eigenvalue weighted by Crippen LogP contribution is 2.40. The summed E-state index contributed by atoms with van der Waals surface area (Å²) in [7, 11) is 3.03. The summed E-state index contributed by atoms with van der Waals surface area (Å²) in [5.41, 5.74) is 3.08. The molecule has 0 bridgehead atoms. The number of methoxy groups -OCH3 is 2. The van der Waals surface area contributed by atoms with Crippen molar-refractivity contribution in [3.63, 3.8) is 0 Å². The number of aryl methyl sites for hydroxylation is 1. The molecule has 4 aromatic rings. The van der Waals surface area contributed by atoms with E-state index in [1.54, 1.807) is 37.4 Å². The molecular formula is C38H39ClF2N4O4. The van der Waals surface area contributed by atoms with Crippen molar-refractivity contribution in [1.82, 2.24) is 20.6 Å². The zero-order valence-electron chi connectivity index (χ0n) is 27.6. The molecule has 1 amide bonds. The molecule has 1 aliphatic heterocycles. The molecule has 0 spiro atoms. The number of pyridine rings is 2. The number of ketones is 1. The van der Waals surface area contributed by atoms with Gasteiger partial charge < -0.3 is 20.1 Å². The average molecular weight is 689 g/mol. The molecule has 0 radical (unpaired) electrons. The minimum atomic E-state index is -0.801. The molecular weight excluding hydrogens is 650 g/mol. The van der Waals surface area contributed by atoms with Crippen molar-refractivity contribution >= 4 is 23.3 Å². The van der Waals surface area contributed by atoms with Crippen LogP contribution in [-0.4, -0.2) is 48.5 Å². The Morgan fingerprint density at radius 3 is 2.35 bits per heavy atom. The number of nitrogens with one attached hydrogen (secondary N) is 2. The lowest BCUT2D eigenvalue weighted by atomic mass is 9.97. The van der Waals surface area contributed by atoms with Crippen LogP contribution in [-0.2, 0) is 22.6 Å². The fraction of sp³-hybridized carbons (Fsp3) is 0.368. The smallest absolute Gasteiger partial charge is 0.220 e. The molecule has 2 aromatic heterocycles. The van der Waals surface area contributed by atoms with Crippen LogP contribution in [0.3, 0.4) is 0 Å². The van der Waals surface area contributed by atoms with Crippen molar-refractivity contribution < 1.29 is 27.8 Å². The van der Waals surface area contributed by atoms with Crippen LogP contribution >= 0.6 is 11.6 Å². The first-order chi connectivity index (χ1) is 23.7. The molecule has 2 N–H and O–H groups in total. The van der Waals surface area contributed by atoms with Crippen molar-refractivity contribution in [2.75, 3.05) is 20.8 Å². The van der Waals surface area contributed by atoms with E-state index in [0.717, 1.165) is 43.2 Å². The Balaban J connectivity index is 1.23. The maximum atomic E-state index is 16.3. The van der Waals surface area contributed by atoms with Gasteiger partial charge in [-0.3, -0.25) is 9.59 Å². The number of nitrogens with zero attached hydrogens (tertiary/aromatic N) is 2. The number of aromatic nitrogens is 2. The number of ether oxygens (including phenoxy) is 2. The van der Waals surface area contributed by atoms with E-state index in [9.17, 15) is 9.59 Å². The zero-order valence-corrected chi connectivity index (χ0v) is 28.3. The molecule has 1 saturated carbocycles. The van der Waals surface area contributed by atoms with Crippen LogP contribution in [0.4, 0.5) is 8.78 Å². The molecule has 6 rings (SSSR count). The van der Waals surface area contributed by atoms with Gasteiger partial charge in [-0.25, -0.2) is 18.7 Å². The normalized spacial score (nSPS) is 17.4. The van der Waals surface area contributed by atoms with E-state index in [0.29, 0.717) is 66.8 Å². The quantitative estimate of drug-likeness (QED) is 0.150. The van der Waals surface area contributed by atoms with Crippen LogP contribution in [0.1, 0.15) is 56.1 Å². The number of amides is 1. The number of benzene rings is 2. The highest BCUT2D eigenvalue weighted by molar-refractivity contribution is 6.36. The molecule has 11 heteroatoms. The number of halogens is 3. The molecule has 2 fully saturated rings. The lowest BCUT2D eigenvalue weighted by Gasteiger charge is -2.16. The number of rotatable bonds is 13. The standard InChI is InChI=1S/C38H39ClF2N4O4/c1-48-37-23(5-3-6-25-12-18-33(47)43-25)10-16-31(44-37)29-8-4-7-27(35(29)39)28-14-15-30(40)34(36(28)41)32-17-11-24(38(45-32)49-2)21-42-20-22-9-13-26(46)19-22/h4,7-8,10-11,14-17,22,25,42H,3,5-6,9,12-13,18-21H2,1-2H3,(H,43,47)/t22-,25-/m1/s1. The third-order valence-electron chi connectivity index (χ3n) is 9.36. The van der Waals surface area contributed by atoms with E-state index in [4.69, 9.17) is 26.1 Å². The van der Waals surface area contributed by atoms with Gasteiger partial charge >= 0.3 is 0 Å². The first kappa shape index (κ1) is 34.5. The molecule has 256 valence electrons. The van der Waals surface area contributed by atoms with Gasteiger partial charge in [-0.1, -0.05) is 41.9 Å². The Morgan fingerprint density at radius 2 is 1.61 bits per heavy atom. The van der Waals surface area contributed by atoms with Crippen molar-refractivity contribution in [1.29, 1.82) is 0 Å². The van der Waals surface area contributed by atoms with E-state index in [-0.39, 0.29) is 39.7 Å². The summed E-state index contributed by atoms with van der Waals surface area (Å²) >= 11 is 6.93. The van der Waals surface area contributed by atoms with Crippen molar-refractivity contribution in [2.24, 2.45) is 5.92 Å². The Kier molecular flexibility index (Phi) is 10.8. The maximum absolute atomic E-state index is 16.3. The third kappa shape index (κ3) is 7.76. The Hall–Kier alpha value is -4.41. The third-order valence-corrected chi connectivity index (χ3v) is 9.76. The number of carbonyl (C=O) groups excluding carboxylic acids is 2. The largest absolute Gasteiger partial charge is 0.481 e. The number of Topliss-reactive ketones (excluding diaryl/α,β-unsaturated/α-hetero) is 1. The molecule has 8 nitrogen and oxygen atoms in total. The highest BCUT2D eigenvalue weighted by Gasteiger charge is 2.24. The van der Waals surface area contributed by atoms with E-state index < -0.39 is 11.6 Å². The summed E-state index contributed by atoms with van der Waals surface area (Å²) in [5, 5.41) is 6.60. The first-order valence-corrected chi connectivity index (χ1v) is 17.0. The predicted octanol–water partition coefficient (Wildman–Crippen LogP) is 7.49. The molecule has 3 heterocycles. The molecule has 49 heavy (non-hydrogen) atoms. The Labute approximate surface area is 289 Å². The summed E-state index contributed by atoms with van der Waals surface area (Å²) in [6.07, 6.45) is 6.01. The van der Waals surface area contributed by atoms with Crippen LogP contribution in [0.5, 0.6) is 11.8 Å². The summed E-state index contributed by atoms with van der Waals surface area (Å²) < 4.78 is 42.7. The minimum absolute atomic E-state index is 0.0865. The fourth-order valence-electron chi connectivity index (χ4n) is 6.75. The maximum Gasteiger partial charge on any atom is 0.220 e. The molecule has 2 aliphatic rings. The highest BCUT2D eigenvalue weighted by atomic mass is 35.5. The average Bonchev–Trinajstić information content (AvgIpc) is 3.72. The van der Waals surface area contributed by atoms with Crippen molar-refractivity contribution in [3.8, 4) is 45.4 Å². The van der Waals surface area contributed by atoms with Crippen LogP contribution in [0, 0.1) is 17.6 Å². The summed E-state index contributed by atoms with van der Waals surface area (Å²) in [5.74, 6) is -0.136. The number of hydrogen-bond acceptors (Lipinski definition) is 7. The second kappa shape index (κ2) is 15.4. The number of carbonyl (C=O) groups is 2. The minimum Gasteiger partial charge on any atom is -0.481 e. The van der Waals surface area contributed by atoms with Gasteiger partial charge in [0, 0.05) is 59.7 Å². The zero-order chi connectivity index (χ0) is 34.5. The van der Waals surface area contributed by atoms with Crippen LogP contribution < -0.4 is 20.1 Å². The van der Waals surface area contributed by atoms with Gasteiger partial charge in [0.2, 0.25) is 17.7 Å². The topological polar surface area (TPSA) is 102 Å². The van der Waals surface area contributed by atoms with Crippen LogP contribution in [0.25, 0.3) is 33.6 Å². The molecule has 1 saturated heterocycles. The van der Waals surface area contributed by atoms with Gasteiger partial charge in [0.25, 0.3) is 0 Å². The summed E-state index contributed by atoms with van der Waals surface area (Å²) in [4.78, 5) is 32.3. The van der Waals surface area contributed by atoms with Gasteiger partial charge in [-0.2, -0.15) is 0 Å². The molecule has 1 aliphatic carbocycles. The summed E-state index contributed by atoms with van der Waals surface area (Å²) in [6.45, 7) is 1.13. The summed E-state index contributed by atoms with van der Waals surface area (Å²) in [6, 6.07) is 15.1. The van der Waals surface area contributed by atoms with Gasteiger partial charge in [0.1, 0.15) is 17.4 Å². The molecule has 0 unspecified atom stereocenters. The number of hydrogen-bond donors (Lipinski definition) is 2. The Bertz CT molecular complexity index is 1870. The SMILES string of the molecule is COc1nc(-c2cccc(-c3ccc(F)c(-c4ccc(CNC[C@@H]5CCC(=O)C5)c(OC)n4)c3F)c2Cl)ccc1CCC[C@@H]1CCC(=O)N1. The van der Waals surface area contributed by atoms with Crippen molar-refractivity contribution in [3.05, 3.63) is 82.4 Å². The Morgan fingerprint density at radius 1 is 0.878 bits per heavy atom. The van der Waals surface area contributed by atoms with Crippen molar-refractivity contribution in [2.45, 2.75) is 64.0 Å².